The molecule has 0 unspecified atom stereocenters. The molecule has 10 heteroatoms. The van der Waals surface area contributed by atoms with Crippen LogP contribution in [0, 0.1) is 6.92 Å². The first-order valence-electron chi connectivity index (χ1n) is 11.5. The van der Waals surface area contributed by atoms with E-state index < -0.39 is 0 Å². The molecule has 1 fully saturated rings. The van der Waals surface area contributed by atoms with Gasteiger partial charge in [-0.15, -0.1) is 0 Å². The Bertz CT molecular complexity index is 1020. The molecule has 3 aromatic rings. The molecule has 0 aliphatic heterocycles. The lowest BCUT2D eigenvalue weighted by Gasteiger charge is -2.20. The standard InChI is InChI=1S/C23H32N8S2/c1-16-11-19(29-23(28-16)32-18-7-5-4-6-8-18)20-14-27-22(33-20)30-21-15-25-17(13-26-21)12-24-9-10-31(2)3/h11,13-15,18,24H,4-10,12H2,1-3H3,(H,26,27,30). The van der Waals surface area contributed by atoms with Crippen LogP contribution >= 0.6 is 23.1 Å². The van der Waals surface area contributed by atoms with E-state index in [-0.39, 0.29) is 0 Å². The maximum atomic E-state index is 4.83. The normalized spacial score (nSPS) is 14.7. The number of hydrogen-bond acceptors (Lipinski definition) is 10. The summed E-state index contributed by atoms with van der Waals surface area (Å²) >= 11 is 3.39. The molecule has 33 heavy (non-hydrogen) atoms. The van der Waals surface area contributed by atoms with Crippen LogP contribution < -0.4 is 10.6 Å². The predicted octanol–water partition coefficient (Wildman–Crippen LogP) is 4.52. The first kappa shape index (κ1) is 24.0. The summed E-state index contributed by atoms with van der Waals surface area (Å²) in [5.41, 5.74) is 2.83. The van der Waals surface area contributed by atoms with Crippen molar-refractivity contribution in [3.8, 4) is 10.6 Å². The number of hydrogen-bond donors (Lipinski definition) is 2. The smallest absolute Gasteiger partial charge is 0.188 e. The van der Waals surface area contributed by atoms with Crippen LogP contribution in [0.4, 0.5) is 10.9 Å². The van der Waals surface area contributed by atoms with Crippen LogP contribution in [0.5, 0.6) is 0 Å². The Balaban J connectivity index is 1.36. The molecule has 3 aromatic heterocycles. The van der Waals surface area contributed by atoms with Gasteiger partial charge in [-0.1, -0.05) is 42.4 Å². The lowest BCUT2D eigenvalue weighted by atomic mass is 10.0. The van der Waals surface area contributed by atoms with E-state index in [4.69, 9.17) is 4.98 Å². The van der Waals surface area contributed by atoms with E-state index in [9.17, 15) is 0 Å². The van der Waals surface area contributed by atoms with Crippen molar-refractivity contribution in [2.24, 2.45) is 0 Å². The third kappa shape index (κ3) is 7.43. The monoisotopic (exact) mass is 484 g/mol. The molecule has 0 spiro atoms. The van der Waals surface area contributed by atoms with E-state index in [0.717, 1.165) is 45.3 Å². The summed E-state index contributed by atoms with van der Waals surface area (Å²) in [6, 6.07) is 2.03. The summed E-state index contributed by atoms with van der Waals surface area (Å²) in [5.74, 6) is 0.681. The van der Waals surface area contributed by atoms with E-state index in [0.29, 0.717) is 17.6 Å². The fourth-order valence-corrected chi connectivity index (χ4v) is 5.64. The Labute approximate surface area is 204 Å². The van der Waals surface area contributed by atoms with Gasteiger partial charge >= 0.3 is 0 Å². The minimum absolute atomic E-state index is 0.636. The second kappa shape index (κ2) is 11.8. The van der Waals surface area contributed by atoms with Gasteiger partial charge in [-0.05, 0) is 39.9 Å². The van der Waals surface area contributed by atoms with Gasteiger partial charge in [0.2, 0.25) is 0 Å². The van der Waals surface area contributed by atoms with Crippen molar-refractivity contribution in [3.63, 3.8) is 0 Å². The van der Waals surface area contributed by atoms with Gasteiger partial charge in [0.15, 0.2) is 16.1 Å². The predicted molar refractivity (Wildman–Crippen MR) is 136 cm³/mol. The average Bonchev–Trinajstić information content (AvgIpc) is 3.27. The fraction of sp³-hybridized carbons (Fsp3) is 0.522. The maximum Gasteiger partial charge on any atom is 0.188 e. The van der Waals surface area contributed by atoms with Crippen molar-refractivity contribution in [2.75, 3.05) is 32.5 Å². The summed E-state index contributed by atoms with van der Waals surface area (Å²) in [6.07, 6.45) is 11.9. The van der Waals surface area contributed by atoms with E-state index in [1.54, 1.807) is 23.7 Å². The summed E-state index contributed by atoms with van der Waals surface area (Å²) < 4.78 is 0. The van der Waals surface area contributed by atoms with E-state index in [2.05, 4.69) is 49.6 Å². The third-order valence-corrected chi connectivity index (χ3v) is 7.53. The molecular formula is C23H32N8S2. The second-order valence-electron chi connectivity index (χ2n) is 8.58. The zero-order valence-corrected chi connectivity index (χ0v) is 21.2. The van der Waals surface area contributed by atoms with Gasteiger partial charge < -0.3 is 15.5 Å². The molecule has 1 saturated carbocycles. The Hall–Kier alpha value is -2.14. The van der Waals surface area contributed by atoms with Gasteiger partial charge in [-0.2, -0.15) is 0 Å². The summed E-state index contributed by atoms with van der Waals surface area (Å²) in [4.78, 5) is 26.1. The van der Waals surface area contributed by atoms with E-state index in [1.807, 2.05) is 30.9 Å². The molecule has 3 heterocycles. The molecule has 176 valence electrons. The molecule has 0 radical (unpaired) electrons. The SMILES string of the molecule is Cc1cc(-c2cnc(Nc3cnc(CNCCN(C)C)cn3)s2)nc(SC2CCCCC2)n1. The first-order chi connectivity index (χ1) is 16.0. The number of anilines is 2. The van der Waals surface area contributed by atoms with Gasteiger partial charge in [-0.25, -0.2) is 19.9 Å². The first-order valence-corrected chi connectivity index (χ1v) is 13.2. The molecule has 8 nitrogen and oxygen atoms in total. The number of likely N-dealkylation sites (N-methyl/N-ethyl adjacent to an activating group) is 1. The number of thioether (sulfide) groups is 1. The summed E-state index contributed by atoms with van der Waals surface area (Å²) in [6.45, 7) is 4.64. The molecule has 0 atom stereocenters. The lowest BCUT2D eigenvalue weighted by Crippen LogP contribution is -2.26. The van der Waals surface area contributed by atoms with Crippen molar-refractivity contribution in [1.82, 2.24) is 35.1 Å². The Kier molecular flexibility index (Phi) is 8.60. The minimum Gasteiger partial charge on any atom is -0.315 e. The van der Waals surface area contributed by atoms with Gasteiger partial charge in [-0.3, -0.25) is 4.98 Å². The van der Waals surface area contributed by atoms with Crippen molar-refractivity contribution < 1.29 is 0 Å². The van der Waals surface area contributed by atoms with E-state index >= 15 is 0 Å². The topological polar surface area (TPSA) is 91.8 Å². The third-order valence-electron chi connectivity index (χ3n) is 5.40. The van der Waals surface area contributed by atoms with Crippen LogP contribution in [0.2, 0.25) is 0 Å². The van der Waals surface area contributed by atoms with Crippen LogP contribution in [0.3, 0.4) is 0 Å². The van der Waals surface area contributed by atoms with Crippen LogP contribution in [-0.4, -0.2) is 62.3 Å². The molecule has 0 aromatic carbocycles. The van der Waals surface area contributed by atoms with Crippen molar-refractivity contribution in [1.29, 1.82) is 0 Å². The number of nitrogens with zero attached hydrogens (tertiary/aromatic N) is 6. The van der Waals surface area contributed by atoms with Crippen LogP contribution in [-0.2, 0) is 6.54 Å². The number of aromatic nitrogens is 5. The molecule has 4 rings (SSSR count). The molecule has 0 bridgehead atoms. The largest absolute Gasteiger partial charge is 0.315 e. The zero-order chi connectivity index (χ0) is 23.0. The van der Waals surface area contributed by atoms with E-state index in [1.165, 1.54) is 32.1 Å². The fourth-order valence-electron chi connectivity index (χ4n) is 3.64. The van der Waals surface area contributed by atoms with Gasteiger partial charge in [0.1, 0.15) is 0 Å². The second-order valence-corrected chi connectivity index (χ2v) is 10.9. The highest BCUT2D eigenvalue weighted by Crippen LogP contribution is 2.34. The summed E-state index contributed by atoms with van der Waals surface area (Å²) in [7, 11) is 4.13. The van der Waals surface area contributed by atoms with Crippen molar-refractivity contribution in [3.05, 3.63) is 36.0 Å². The zero-order valence-electron chi connectivity index (χ0n) is 19.5. The molecule has 0 saturated heterocycles. The van der Waals surface area contributed by atoms with Crippen LogP contribution in [0.25, 0.3) is 10.6 Å². The molecule has 1 aliphatic carbocycles. The quantitative estimate of drug-likeness (QED) is 0.318. The van der Waals surface area contributed by atoms with Gasteiger partial charge in [0.25, 0.3) is 0 Å². The lowest BCUT2D eigenvalue weighted by molar-refractivity contribution is 0.399. The van der Waals surface area contributed by atoms with Gasteiger partial charge in [0, 0.05) is 36.8 Å². The number of thiazole rings is 1. The minimum atomic E-state index is 0.636. The molecular weight excluding hydrogens is 452 g/mol. The highest BCUT2D eigenvalue weighted by Gasteiger charge is 2.17. The molecule has 2 N–H and O–H groups in total. The average molecular weight is 485 g/mol. The van der Waals surface area contributed by atoms with Crippen molar-refractivity contribution >= 4 is 34.0 Å². The van der Waals surface area contributed by atoms with Crippen LogP contribution in [0.15, 0.2) is 29.8 Å². The Morgan fingerprint density at radius 3 is 2.67 bits per heavy atom. The van der Waals surface area contributed by atoms with Gasteiger partial charge in [0.05, 0.1) is 28.7 Å². The summed E-state index contributed by atoms with van der Waals surface area (Å²) in [5, 5.41) is 8.91. The molecule has 0 amide bonds. The molecule has 1 aliphatic rings. The highest BCUT2D eigenvalue weighted by molar-refractivity contribution is 7.99. The Morgan fingerprint density at radius 2 is 1.91 bits per heavy atom. The number of aryl methyl sites for hydroxylation is 1. The van der Waals surface area contributed by atoms with Crippen molar-refractivity contribution in [2.45, 2.75) is 56.0 Å². The Morgan fingerprint density at radius 1 is 1.06 bits per heavy atom. The van der Waals surface area contributed by atoms with Crippen LogP contribution in [0.1, 0.15) is 43.5 Å². The maximum absolute atomic E-state index is 4.83. The number of nitrogens with one attached hydrogen (secondary N) is 2. The number of rotatable bonds is 10. The highest BCUT2D eigenvalue weighted by atomic mass is 32.2.